The van der Waals surface area contributed by atoms with Crippen molar-refractivity contribution in [3.05, 3.63) is 12.7 Å². The van der Waals surface area contributed by atoms with Gasteiger partial charge in [-0.3, -0.25) is 0 Å². The molecule has 0 aliphatic heterocycles. The molecule has 3 fully saturated rings. The highest BCUT2D eigenvalue weighted by molar-refractivity contribution is 5.81. The molecule has 0 amide bonds. The second kappa shape index (κ2) is 3.90. The Kier molecular flexibility index (Phi) is 2.76. The highest BCUT2D eigenvalue weighted by Gasteiger charge is 2.76. The Labute approximate surface area is 123 Å². The molecule has 4 atom stereocenters. The standard InChI is InChI=1S/C18H28O2/c1-6-14(19)20-16(5)11-17(13(2)3)9-7-15(4)8-10-18(15,17)12-16/h6,13H,1,7-12H2,2-5H3/t15?,16-,17?,18?/m0/s1. The number of carbonyl (C=O) groups excluding carboxylic acids is 1. The quantitative estimate of drug-likeness (QED) is 0.561. The average Bonchev–Trinajstić information content (AvgIpc) is 2.74. The monoisotopic (exact) mass is 276 g/mol. The molecule has 0 saturated heterocycles. The third-order valence-corrected chi connectivity index (χ3v) is 7.32. The largest absolute Gasteiger partial charge is 0.456 e. The Morgan fingerprint density at radius 2 is 1.80 bits per heavy atom. The van der Waals surface area contributed by atoms with Crippen LogP contribution >= 0.6 is 0 Å². The van der Waals surface area contributed by atoms with Gasteiger partial charge in [-0.25, -0.2) is 4.79 Å². The smallest absolute Gasteiger partial charge is 0.330 e. The van der Waals surface area contributed by atoms with E-state index in [0.717, 1.165) is 12.8 Å². The second-order valence-corrected chi connectivity index (χ2v) is 8.38. The zero-order chi connectivity index (χ0) is 14.8. The third kappa shape index (κ3) is 1.43. The molecule has 0 radical (unpaired) electrons. The van der Waals surface area contributed by atoms with Crippen molar-refractivity contribution in [2.45, 2.75) is 71.8 Å². The van der Waals surface area contributed by atoms with Crippen LogP contribution in [0, 0.1) is 22.2 Å². The summed E-state index contributed by atoms with van der Waals surface area (Å²) in [6, 6.07) is 0. The first-order valence-electron chi connectivity index (χ1n) is 8.08. The van der Waals surface area contributed by atoms with Crippen molar-refractivity contribution in [3.63, 3.8) is 0 Å². The van der Waals surface area contributed by atoms with Gasteiger partial charge in [-0.2, -0.15) is 0 Å². The first kappa shape index (κ1) is 14.2. The molecule has 2 nitrogen and oxygen atoms in total. The summed E-state index contributed by atoms with van der Waals surface area (Å²) < 4.78 is 5.80. The van der Waals surface area contributed by atoms with E-state index >= 15 is 0 Å². The molecule has 2 heteroatoms. The van der Waals surface area contributed by atoms with Crippen molar-refractivity contribution in [2.24, 2.45) is 22.2 Å². The molecule has 0 heterocycles. The molecule has 3 aliphatic carbocycles. The van der Waals surface area contributed by atoms with E-state index in [2.05, 4.69) is 34.3 Å². The van der Waals surface area contributed by atoms with Crippen LogP contribution in [-0.4, -0.2) is 11.6 Å². The summed E-state index contributed by atoms with van der Waals surface area (Å²) in [6.07, 6.45) is 8.73. The first-order valence-corrected chi connectivity index (χ1v) is 8.08. The fraction of sp³-hybridized carbons (Fsp3) is 0.833. The van der Waals surface area contributed by atoms with E-state index in [-0.39, 0.29) is 11.6 Å². The molecule has 1 spiro atoms. The fourth-order valence-electron chi connectivity index (χ4n) is 6.31. The average molecular weight is 276 g/mol. The molecular formula is C18H28O2. The zero-order valence-electron chi connectivity index (χ0n) is 13.4. The molecule has 20 heavy (non-hydrogen) atoms. The Bertz CT molecular complexity index is 460. The van der Waals surface area contributed by atoms with Gasteiger partial charge in [0.1, 0.15) is 5.60 Å². The number of hydrogen-bond acceptors (Lipinski definition) is 2. The third-order valence-electron chi connectivity index (χ3n) is 7.32. The minimum atomic E-state index is -0.294. The molecule has 3 unspecified atom stereocenters. The first-order chi connectivity index (χ1) is 9.23. The Balaban J connectivity index is 1.97. The Morgan fingerprint density at radius 1 is 1.15 bits per heavy atom. The van der Waals surface area contributed by atoms with Gasteiger partial charge >= 0.3 is 5.97 Å². The minimum Gasteiger partial charge on any atom is -0.456 e. The van der Waals surface area contributed by atoms with Crippen LogP contribution < -0.4 is 0 Å². The Hall–Kier alpha value is -0.790. The highest BCUT2D eigenvalue weighted by atomic mass is 16.6. The van der Waals surface area contributed by atoms with E-state index in [1.165, 1.54) is 31.8 Å². The van der Waals surface area contributed by atoms with Crippen molar-refractivity contribution >= 4 is 5.97 Å². The molecule has 0 bridgehead atoms. The van der Waals surface area contributed by atoms with Crippen molar-refractivity contribution in [3.8, 4) is 0 Å². The minimum absolute atomic E-state index is 0.260. The molecule has 0 aromatic rings. The van der Waals surface area contributed by atoms with Crippen LogP contribution in [-0.2, 0) is 9.53 Å². The molecule has 0 aromatic heterocycles. The van der Waals surface area contributed by atoms with Crippen LogP contribution in [0.5, 0.6) is 0 Å². The van der Waals surface area contributed by atoms with Gasteiger partial charge in [-0.1, -0.05) is 27.4 Å². The van der Waals surface area contributed by atoms with E-state index < -0.39 is 0 Å². The summed E-state index contributed by atoms with van der Waals surface area (Å²) in [7, 11) is 0. The number of ether oxygens (including phenoxy) is 1. The Morgan fingerprint density at radius 3 is 2.25 bits per heavy atom. The molecule has 112 valence electrons. The predicted octanol–water partition coefficient (Wildman–Crippen LogP) is 4.49. The fourth-order valence-corrected chi connectivity index (χ4v) is 6.31. The molecule has 3 aliphatic rings. The van der Waals surface area contributed by atoms with Crippen LogP contribution in [0.15, 0.2) is 12.7 Å². The van der Waals surface area contributed by atoms with Crippen LogP contribution in [0.3, 0.4) is 0 Å². The van der Waals surface area contributed by atoms with Gasteiger partial charge in [0.2, 0.25) is 0 Å². The number of esters is 1. The van der Waals surface area contributed by atoms with Crippen LogP contribution in [0.1, 0.15) is 66.2 Å². The van der Waals surface area contributed by atoms with E-state index in [4.69, 9.17) is 4.74 Å². The van der Waals surface area contributed by atoms with Gasteiger partial charge in [-0.15, -0.1) is 0 Å². The zero-order valence-corrected chi connectivity index (χ0v) is 13.4. The van der Waals surface area contributed by atoms with Gasteiger partial charge < -0.3 is 4.74 Å². The molecule has 3 saturated carbocycles. The van der Waals surface area contributed by atoms with Crippen molar-refractivity contribution in [1.29, 1.82) is 0 Å². The summed E-state index contributed by atoms with van der Waals surface area (Å²) in [5.74, 6) is 0.401. The van der Waals surface area contributed by atoms with Gasteiger partial charge in [0.25, 0.3) is 0 Å². The lowest BCUT2D eigenvalue weighted by molar-refractivity contribution is -0.155. The van der Waals surface area contributed by atoms with Gasteiger partial charge in [0.05, 0.1) is 0 Å². The summed E-state index contributed by atoms with van der Waals surface area (Å²) in [4.78, 5) is 11.7. The van der Waals surface area contributed by atoms with E-state index in [0.29, 0.717) is 22.2 Å². The maximum Gasteiger partial charge on any atom is 0.330 e. The normalized spacial score (nSPS) is 49.5. The van der Waals surface area contributed by atoms with E-state index in [1.807, 2.05) is 0 Å². The van der Waals surface area contributed by atoms with Gasteiger partial charge in [-0.05, 0) is 67.6 Å². The summed E-state index contributed by atoms with van der Waals surface area (Å²) in [5, 5.41) is 0. The van der Waals surface area contributed by atoms with E-state index in [1.54, 1.807) is 0 Å². The SMILES string of the molecule is C=CC(=O)O[C@@]1(C)CC2(C(C)C)CCC3(C)CCC32C1. The van der Waals surface area contributed by atoms with Crippen LogP contribution in [0.4, 0.5) is 0 Å². The highest BCUT2D eigenvalue weighted by Crippen LogP contribution is 2.82. The van der Waals surface area contributed by atoms with Crippen molar-refractivity contribution in [2.75, 3.05) is 0 Å². The van der Waals surface area contributed by atoms with Crippen molar-refractivity contribution < 1.29 is 9.53 Å². The summed E-state index contributed by atoms with van der Waals surface area (Å²) >= 11 is 0. The lowest BCUT2D eigenvalue weighted by Crippen LogP contribution is -2.52. The topological polar surface area (TPSA) is 26.3 Å². The summed E-state index contributed by atoms with van der Waals surface area (Å²) in [5.41, 5.74) is 0.966. The number of rotatable bonds is 3. The van der Waals surface area contributed by atoms with Gasteiger partial charge in [0.15, 0.2) is 0 Å². The summed E-state index contributed by atoms with van der Waals surface area (Å²) in [6.45, 7) is 12.9. The van der Waals surface area contributed by atoms with Crippen molar-refractivity contribution in [1.82, 2.24) is 0 Å². The van der Waals surface area contributed by atoms with E-state index in [9.17, 15) is 4.79 Å². The molecule has 0 N–H and O–H groups in total. The lowest BCUT2D eigenvalue weighted by Gasteiger charge is -2.60. The molecular weight excluding hydrogens is 248 g/mol. The maximum absolute atomic E-state index is 11.7. The molecule has 0 aromatic carbocycles. The lowest BCUT2D eigenvalue weighted by atomic mass is 9.44. The van der Waals surface area contributed by atoms with Gasteiger partial charge in [0, 0.05) is 6.08 Å². The second-order valence-electron chi connectivity index (χ2n) is 8.38. The van der Waals surface area contributed by atoms with Crippen LogP contribution in [0.25, 0.3) is 0 Å². The number of carbonyl (C=O) groups is 1. The molecule has 3 rings (SSSR count). The number of hydrogen-bond donors (Lipinski definition) is 0. The maximum atomic E-state index is 11.7. The predicted molar refractivity (Wildman–Crippen MR) is 80.2 cm³/mol. The van der Waals surface area contributed by atoms with Crippen LogP contribution in [0.2, 0.25) is 0 Å².